The number of urea groups is 1. The Hall–Kier alpha value is -2.41. The molecule has 32 heavy (non-hydrogen) atoms. The van der Waals surface area contributed by atoms with E-state index in [0.717, 1.165) is 43.2 Å². The molecule has 2 aromatic carbocycles. The smallest absolute Gasteiger partial charge is 0.315 e. The number of rotatable bonds is 7. The van der Waals surface area contributed by atoms with Crippen molar-refractivity contribution < 1.29 is 19.4 Å². The highest BCUT2D eigenvalue weighted by Crippen LogP contribution is 2.33. The molecule has 2 fully saturated rings. The molecule has 0 bridgehead atoms. The zero-order chi connectivity index (χ0) is 22.4. The molecule has 4 rings (SSSR count). The first-order valence-corrected chi connectivity index (χ1v) is 11.7. The number of nitrogens with one attached hydrogen (secondary N) is 2. The zero-order valence-corrected chi connectivity index (χ0v) is 18.7. The van der Waals surface area contributed by atoms with Crippen LogP contribution in [0.2, 0.25) is 0 Å². The van der Waals surface area contributed by atoms with Gasteiger partial charge in [-0.25, -0.2) is 4.79 Å². The summed E-state index contributed by atoms with van der Waals surface area (Å²) in [5.41, 5.74) is 0.158. The number of ether oxygens (including phenoxy) is 2. The first kappa shape index (κ1) is 22.8. The van der Waals surface area contributed by atoms with Crippen molar-refractivity contribution in [2.45, 2.75) is 63.0 Å². The Balaban J connectivity index is 1.34. The van der Waals surface area contributed by atoms with Crippen LogP contribution in [0.5, 0.6) is 0 Å². The van der Waals surface area contributed by atoms with Crippen LogP contribution in [0.4, 0.5) is 4.79 Å². The zero-order valence-electron chi connectivity index (χ0n) is 18.7. The Morgan fingerprint density at radius 2 is 1.50 bits per heavy atom. The molecular formula is C26H34N2O4. The van der Waals surface area contributed by atoms with E-state index in [1.807, 2.05) is 67.6 Å². The van der Waals surface area contributed by atoms with E-state index < -0.39 is 11.6 Å². The maximum absolute atomic E-state index is 12.8. The fraction of sp³-hybridized carbons (Fsp3) is 0.500. The van der Waals surface area contributed by atoms with Gasteiger partial charge in [0.25, 0.3) is 0 Å². The van der Waals surface area contributed by atoms with Crippen LogP contribution in [-0.2, 0) is 15.1 Å². The highest BCUT2D eigenvalue weighted by molar-refractivity contribution is 5.75. The topological polar surface area (TPSA) is 79.8 Å². The Morgan fingerprint density at radius 1 is 0.969 bits per heavy atom. The summed E-state index contributed by atoms with van der Waals surface area (Å²) in [6.07, 6.45) is 4.89. The van der Waals surface area contributed by atoms with Gasteiger partial charge in [0.1, 0.15) is 5.60 Å². The van der Waals surface area contributed by atoms with Gasteiger partial charge in [0, 0.05) is 12.5 Å². The predicted molar refractivity (Wildman–Crippen MR) is 123 cm³/mol. The molecule has 2 amide bonds. The number of amides is 2. The fourth-order valence-corrected chi connectivity index (χ4v) is 4.94. The Bertz CT molecular complexity index is 807. The lowest BCUT2D eigenvalue weighted by Gasteiger charge is -2.36. The van der Waals surface area contributed by atoms with Crippen LogP contribution in [0, 0.1) is 5.92 Å². The molecule has 1 heterocycles. The number of carbonyl (C=O) groups excluding carboxylic acids is 1. The SMILES string of the molecule is C[C@@H](NC(=O)NC1CCC(CC2OCCO2)CC1)C(O)(c1ccccc1)c1ccccc1. The minimum atomic E-state index is -1.33. The molecule has 2 aromatic rings. The molecule has 0 spiro atoms. The van der Waals surface area contributed by atoms with Crippen LogP contribution in [0.1, 0.15) is 50.2 Å². The second-order valence-electron chi connectivity index (χ2n) is 8.96. The third kappa shape index (κ3) is 5.31. The van der Waals surface area contributed by atoms with Gasteiger partial charge in [-0.1, -0.05) is 60.7 Å². The highest BCUT2D eigenvalue weighted by Gasteiger charge is 2.38. The quantitative estimate of drug-likeness (QED) is 0.612. The molecule has 0 radical (unpaired) electrons. The van der Waals surface area contributed by atoms with E-state index in [-0.39, 0.29) is 18.4 Å². The molecule has 1 aliphatic heterocycles. The minimum Gasteiger partial charge on any atom is -0.378 e. The van der Waals surface area contributed by atoms with Gasteiger partial charge in [-0.15, -0.1) is 0 Å². The molecule has 6 nitrogen and oxygen atoms in total. The van der Waals surface area contributed by atoms with E-state index in [1.165, 1.54) is 0 Å². The summed E-state index contributed by atoms with van der Waals surface area (Å²) < 4.78 is 11.1. The van der Waals surface area contributed by atoms with Crippen LogP contribution in [0.25, 0.3) is 0 Å². The monoisotopic (exact) mass is 438 g/mol. The summed E-state index contributed by atoms with van der Waals surface area (Å²) in [7, 11) is 0. The molecule has 0 unspecified atom stereocenters. The van der Waals surface area contributed by atoms with Gasteiger partial charge in [-0.05, 0) is 49.7 Å². The molecule has 3 N–H and O–H groups in total. The lowest BCUT2D eigenvalue weighted by Crippen LogP contribution is -2.54. The van der Waals surface area contributed by atoms with Crippen molar-refractivity contribution in [1.82, 2.24) is 10.6 Å². The van der Waals surface area contributed by atoms with Gasteiger partial charge in [-0.2, -0.15) is 0 Å². The van der Waals surface area contributed by atoms with E-state index in [2.05, 4.69) is 10.6 Å². The largest absolute Gasteiger partial charge is 0.378 e. The van der Waals surface area contributed by atoms with Gasteiger partial charge in [0.15, 0.2) is 6.29 Å². The summed E-state index contributed by atoms with van der Waals surface area (Å²) in [6.45, 7) is 3.23. The normalized spacial score (nSPS) is 22.9. The van der Waals surface area contributed by atoms with E-state index in [4.69, 9.17) is 9.47 Å². The summed E-state index contributed by atoms with van der Waals surface area (Å²) in [6, 6.07) is 18.4. The predicted octanol–water partition coefficient (Wildman–Crippen LogP) is 3.93. The summed E-state index contributed by atoms with van der Waals surface area (Å²) in [4.78, 5) is 12.8. The van der Waals surface area contributed by atoms with Gasteiger partial charge in [0.2, 0.25) is 0 Å². The number of aliphatic hydroxyl groups is 1. The fourth-order valence-electron chi connectivity index (χ4n) is 4.94. The lowest BCUT2D eigenvalue weighted by atomic mass is 9.81. The van der Waals surface area contributed by atoms with Crippen molar-refractivity contribution >= 4 is 6.03 Å². The van der Waals surface area contributed by atoms with Crippen LogP contribution in [0.3, 0.4) is 0 Å². The van der Waals surface area contributed by atoms with Gasteiger partial charge in [0.05, 0.1) is 19.3 Å². The number of benzene rings is 2. The Kier molecular flexibility index (Phi) is 7.45. The second-order valence-corrected chi connectivity index (χ2v) is 8.96. The van der Waals surface area contributed by atoms with Crippen molar-refractivity contribution in [3.63, 3.8) is 0 Å². The van der Waals surface area contributed by atoms with Gasteiger partial charge >= 0.3 is 6.03 Å². The molecule has 2 aliphatic rings. The third-order valence-electron chi connectivity index (χ3n) is 6.80. The third-order valence-corrected chi connectivity index (χ3v) is 6.80. The summed E-state index contributed by atoms with van der Waals surface area (Å²) >= 11 is 0. The molecule has 1 atom stereocenters. The summed E-state index contributed by atoms with van der Waals surface area (Å²) in [5.74, 6) is 0.583. The van der Waals surface area contributed by atoms with Crippen LogP contribution in [-0.4, -0.2) is 42.7 Å². The van der Waals surface area contributed by atoms with Crippen LogP contribution >= 0.6 is 0 Å². The first-order chi connectivity index (χ1) is 15.6. The number of carbonyl (C=O) groups is 1. The summed E-state index contributed by atoms with van der Waals surface area (Å²) in [5, 5.41) is 17.9. The Labute approximate surface area is 190 Å². The van der Waals surface area contributed by atoms with Gasteiger partial charge in [-0.3, -0.25) is 0 Å². The molecule has 172 valence electrons. The lowest BCUT2D eigenvalue weighted by molar-refractivity contribution is -0.0601. The first-order valence-electron chi connectivity index (χ1n) is 11.7. The van der Waals surface area contributed by atoms with E-state index in [1.54, 1.807) is 0 Å². The maximum Gasteiger partial charge on any atom is 0.315 e. The van der Waals surface area contributed by atoms with Crippen LogP contribution < -0.4 is 10.6 Å². The Morgan fingerprint density at radius 3 is 2.03 bits per heavy atom. The maximum atomic E-state index is 12.8. The van der Waals surface area contributed by atoms with Gasteiger partial charge < -0.3 is 25.2 Å². The minimum absolute atomic E-state index is 0.0534. The van der Waals surface area contributed by atoms with E-state index in [0.29, 0.717) is 19.1 Å². The molecule has 1 saturated heterocycles. The van der Waals surface area contributed by atoms with Crippen LogP contribution in [0.15, 0.2) is 60.7 Å². The average molecular weight is 439 g/mol. The van der Waals surface area contributed by atoms with Crippen molar-refractivity contribution in [3.8, 4) is 0 Å². The molecular weight excluding hydrogens is 404 g/mol. The van der Waals surface area contributed by atoms with Crippen molar-refractivity contribution in [2.24, 2.45) is 5.92 Å². The molecule has 6 heteroatoms. The number of hydrogen-bond donors (Lipinski definition) is 3. The van der Waals surface area contributed by atoms with E-state index in [9.17, 15) is 9.90 Å². The molecule has 1 saturated carbocycles. The average Bonchev–Trinajstić information content (AvgIpc) is 3.34. The molecule has 1 aliphatic carbocycles. The highest BCUT2D eigenvalue weighted by atomic mass is 16.7. The van der Waals surface area contributed by atoms with Crippen molar-refractivity contribution in [2.75, 3.05) is 13.2 Å². The standard InChI is InChI=1S/C26H34N2O4/c1-19(26(30,21-8-4-2-5-9-21)22-10-6-3-7-11-22)27-25(29)28-23-14-12-20(13-15-23)18-24-31-16-17-32-24/h2-11,19-20,23-24,30H,12-18H2,1H3,(H2,27,28,29)/t19-,20?,23?/m1/s1. The molecule has 0 aromatic heterocycles. The van der Waals surface area contributed by atoms with Crippen molar-refractivity contribution in [3.05, 3.63) is 71.8 Å². The van der Waals surface area contributed by atoms with Crippen molar-refractivity contribution in [1.29, 1.82) is 0 Å². The number of hydrogen-bond acceptors (Lipinski definition) is 4. The van der Waals surface area contributed by atoms with E-state index >= 15 is 0 Å². The second kappa shape index (κ2) is 10.5.